The summed E-state index contributed by atoms with van der Waals surface area (Å²) in [4.78, 5) is 0. The highest BCUT2D eigenvalue weighted by Crippen LogP contribution is 2.24. The van der Waals surface area contributed by atoms with E-state index in [1.54, 1.807) is 0 Å². The summed E-state index contributed by atoms with van der Waals surface area (Å²) in [6.45, 7) is 7.39. The molecule has 0 aliphatic carbocycles. The van der Waals surface area contributed by atoms with Gasteiger partial charge in [0.1, 0.15) is 5.75 Å². The monoisotopic (exact) mass is 482 g/mol. The van der Waals surface area contributed by atoms with Gasteiger partial charge < -0.3 is 8.85 Å². The molecule has 0 radical (unpaired) electrons. The molecule has 2 rings (SSSR count). The van der Waals surface area contributed by atoms with Gasteiger partial charge in [-0.05, 0) is 42.8 Å². The van der Waals surface area contributed by atoms with E-state index in [1.807, 2.05) is 6.07 Å². The molecule has 2 aromatic rings. The van der Waals surface area contributed by atoms with E-state index in [0.29, 0.717) is 0 Å². The Morgan fingerprint density at radius 1 is 0.529 bits per heavy atom. The predicted octanol–water partition coefficient (Wildman–Crippen LogP) is 10.3. The summed E-state index contributed by atoms with van der Waals surface area (Å²) in [5.41, 5.74) is 2.45. The van der Waals surface area contributed by atoms with E-state index >= 15 is 0 Å². The van der Waals surface area contributed by atoms with Gasteiger partial charge in [0.2, 0.25) is 0 Å². The van der Waals surface area contributed by atoms with E-state index in [4.69, 9.17) is 8.85 Å². The molecule has 0 aromatic heterocycles. The average molecular weight is 483 g/mol. The molecule has 0 heterocycles. The zero-order valence-corrected chi connectivity index (χ0v) is 23.3. The highest BCUT2D eigenvalue weighted by Gasteiger charge is 2.26. The van der Waals surface area contributed by atoms with Crippen molar-refractivity contribution < 1.29 is 8.85 Å². The molecular weight excluding hydrogens is 432 g/mol. The van der Waals surface area contributed by atoms with Crippen molar-refractivity contribution >= 4 is 8.56 Å². The summed E-state index contributed by atoms with van der Waals surface area (Å²) in [5, 5.41) is 0. The van der Waals surface area contributed by atoms with Crippen molar-refractivity contribution in [3.63, 3.8) is 0 Å². The van der Waals surface area contributed by atoms with Gasteiger partial charge in [-0.2, -0.15) is 0 Å². The number of hydrogen-bond acceptors (Lipinski definition) is 2. The van der Waals surface area contributed by atoms with E-state index in [0.717, 1.165) is 18.8 Å². The maximum Gasteiger partial charge on any atom is 0.392 e. The van der Waals surface area contributed by atoms with E-state index in [9.17, 15) is 0 Å². The van der Waals surface area contributed by atoms with Crippen LogP contribution in [0.15, 0.2) is 54.6 Å². The molecule has 0 saturated carbocycles. The third kappa shape index (κ3) is 13.3. The van der Waals surface area contributed by atoms with Crippen LogP contribution in [0.5, 0.6) is 5.75 Å². The Morgan fingerprint density at radius 2 is 0.971 bits per heavy atom. The lowest BCUT2D eigenvalue weighted by Crippen LogP contribution is -2.38. The second-order valence-electron chi connectivity index (χ2n) is 10.2. The van der Waals surface area contributed by atoms with Crippen molar-refractivity contribution in [2.24, 2.45) is 0 Å². The quantitative estimate of drug-likeness (QED) is 0.138. The van der Waals surface area contributed by atoms with Gasteiger partial charge >= 0.3 is 8.56 Å². The van der Waals surface area contributed by atoms with Crippen LogP contribution in [0.1, 0.15) is 103 Å². The summed E-state index contributed by atoms with van der Waals surface area (Å²) in [5.74, 6) is 0.910. The smallest absolute Gasteiger partial charge is 0.392 e. The number of unbranched alkanes of at least 4 members (excludes halogenated alkanes) is 14. The molecule has 0 fully saturated rings. The largest absolute Gasteiger partial charge is 0.520 e. The maximum absolute atomic E-state index is 6.23. The fourth-order valence-electron chi connectivity index (χ4n) is 4.45. The third-order valence-electron chi connectivity index (χ3n) is 6.52. The predicted molar refractivity (Wildman–Crippen MR) is 151 cm³/mol. The van der Waals surface area contributed by atoms with Crippen molar-refractivity contribution in [1.29, 1.82) is 0 Å². The van der Waals surface area contributed by atoms with Crippen LogP contribution in [0.3, 0.4) is 0 Å². The molecule has 0 saturated heterocycles. The Balaban J connectivity index is 1.44. The lowest BCUT2D eigenvalue weighted by molar-refractivity contribution is 0.240. The van der Waals surface area contributed by atoms with Crippen molar-refractivity contribution in [3.05, 3.63) is 54.6 Å². The van der Waals surface area contributed by atoms with E-state index in [2.05, 4.69) is 68.5 Å². The van der Waals surface area contributed by atoms with Crippen molar-refractivity contribution in [2.75, 3.05) is 6.61 Å². The summed E-state index contributed by atoms with van der Waals surface area (Å²) in [6, 6.07) is 18.8. The lowest BCUT2D eigenvalue weighted by Gasteiger charge is -2.24. The van der Waals surface area contributed by atoms with Gasteiger partial charge in [-0.15, -0.1) is 0 Å². The second kappa shape index (κ2) is 17.8. The Bertz CT molecular complexity index is 727. The van der Waals surface area contributed by atoms with Gasteiger partial charge in [0.05, 0.1) is 0 Å². The van der Waals surface area contributed by atoms with Crippen molar-refractivity contribution in [1.82, 2.24) is 0 Å². The molecule has 0 spiro atoms. The Labute approximate surface area is 211 Å². The van der Waals surface area contributed by atoms with Gasteiger partial charge in [-0.1, -0.05) is 139 Å². The highest BCUT2D eigenvalue weighted by atomic mass is 28.4. The first-order valence-corrected chi connectivity index (χ1v) is 16.9. The van der Waals surface area contributed by atoms with Crippen LogP contribution >= 0.6 is 0 Å². The minimum atomic E-state index is -2.15. The highest BCUT2D eigenvalue weighted by molar-refractivity contribution is 6.65. The van der Waals surface area contributed by atoms with E-state index < -0.39 is 8.56 Å². The zero-order chi connectivity index (χ0) is 24.3. The number of hydrogen-bond donors (Lipinski definition) is 0. The summed E-state index contributed by atoms with van der Waals surface area (Å²) < 4.78 is 12.4. The first kappa shape index (κ1) is 28.7. The van der Waals surface area contributed by atoms with Crippen LogP contribution in [-0.4, -0.2) is 15.2 Å². The van der Waals surface area contributed by atoms with Crippen molar-refractivity contribution in [3.8, 4) is 16.9 Å². The summed E-state index contributed by atoms with van der Waals surface area (Å²) in [6.07, 6.45) is 20.8. The van der Waals surface area contributed by atoms with Crippen molar-refractivity contribution in [2.45, 2.75) is 116 Å². The molecule has 0 amide bonds. The van der Waals surface area contributed by atoms with Gasteiger partial charge in [0.15, 0.2) is 0 Å². The standard InChI is InChI=1S/C31H50O2Si/c1-4-5-6-7-8-9-10-11-12-13-14-15-16-17-21-28-32-34(2,3)33-31-26-24-30(25-27-31)29-22-19-18-20-23-29/h18-20,22-27H,4-17,21,28H2,1-3H3. The van der Waals surface area contributed by atoms with Gasteiger partial charge in [0.25, 0.3) is 0 Å². The number of benzene rings is 2. The molecule has 190 valence electrons. The van der Waals surface area contributed by atoms with Gasteiger partial charge in [0, 0.05) is 6.61 Å². The summed E-state index contributed by atoms with van der Waals surface area (Å²) in [7, 11) is -2.15. The normalized spacial score (nSPS) is 11.6. The molecule has 0 atom stereocenters. The fraction of sp³-hybridized carbons (Fsp3) is 0.613. The maximum atomic E-state index is 6.23. The number of rotatable bonds is 20. The molecule has 2 aromatic carbocycles. The van der Waals surface area contributed by atoms with E-state index in [1.165, 1.54) is 101 Å². The van der Waals surface area contributed by atoms with Crippen LogP contribution < -0.4 is 4.43 Å². The second-order valence-corrected chi connectivity index (χ2v) is 13.5. The topological polar surface area (TPSA) is 18.5 Å². The molecule has 0 N–H and O–H groups in total. The Hall–Kier alpha value is -1.58. The Kier molecular flexibility index (Phi) is 15.0. The molecule has 0 aliphatic heterocycles. The van der Waals surface area contributed by atoms with Gasteiger partial charge in [-0.25, -0.2) is 0 Å². The Morgan fingerprint density at radius 3 is 1.47 bits per heavy atom. The first-order chi connectivity index (χ1) is 16.6. The lowest BCUT2D eigenvalue weighted by atomic mass is 10.0. The third-order valence-corrected chi connectivity index (χ3v) is 8.15. The average Bonchev–Trinajstić information content (AvgIpc) is 2.84. The molecule has 0 aliphatic rings. The van der Waals surface area contributed by atoms with Crippen LogP contribution in [0, 0.1) is 0 Å². The van der Waals surface area contributed by atoms with Crippen LogP contribution in [0.2, 0.25) is 13.1 Å². The molecule has 3 heteroatoms. The van der Waals surface area contributed by atoms with Crippen LogP contribution in [0.25, 0.3) is 11.1 Å². The molecular formula is C31H50O2Si. The molecule has 0 unspecified atom stereocenters. The van der Waals surface area contributed by atoms with Gasteiger partial charge in [-0.3, -0.25) is 0 Å². The van der Waals surface area contributed by atoms with E-state index in [-0.39, 0.29) is 0 Å². The first-order valence-electron chi connectivity index (χ1n) is 14.1. The van der Waals surface area contributed by atoms with Crippen LogP contribution in [0.4, 0.5) is 0 Å². The molecule has 0 bridgehead atoms. The minimum absolute atomic E-state index is 0.819. The fourth-order valence-corrected chi connectivity index (χ4v) is 5.85. The summed E-state index contributed by atoms with van der Waals surface area (Å²) >= 11 is 0. The zero-order valence-electron chi connectivity index (χ0n) is 22.3. The SMILES string of the molecule is CCCCCCCCCCCCCCCCCO[Si](C)(C)Oc1ccc(-c2ccccc2)cc1. The molecule has 2 nitrogen and oxygen atoms in total. The molecule has 34 heavy (non-hydrogen) atoms. The van der Waals surface area contributed by atoms with Crippen LogP contribution in [-0.2, 0) is 4.43 Å². The minimum Gasteiger partial charge on any atom is -0.520 e.